The molecule has 2 aromatic heterocycles. The zero-order valence-electron chi connectivity index (χ0n) is 9.48. The quantitative estimate of drug-likeness (QED) is 0.845. The summed E-state index contributed by atoms with van der Waals surface area (Å²) in [7, 11) is 0. The van der Waals surface area contributed by atoms with Crippen LogP contribution < -0.4 is 5.32 Å². The minimum Gasteiger partial charge on any atom is -0.475 e. The Kier molecular flexibility index (Phi) is 2.86. The van der Waals surface area contributed by atoms with Crippen LogP contribution >= 0.6 is 0 Å². The van der Waals surface area contributed by atoms with E-state index >= 15 is 0 Å². The molecule has 0 aliphatic rings. The SMILES string of the molecule is Cc1nc(CNc2ccc(C(=O)O)o2)oc1C. The maximum Gasteiger partial charge on any atom is 0.371 e. The molecule has 0 saturated heterocycles. The van der Waals surface area contributed by atoms with E-state index in [9.17, 15) is 4.79 Å². The average molecular weight is 236 g/mol. The normalized spacial score (nSPS) is 10.5. The highest BCUT2D eigenvalue weighted by Gasteiger charge is 2.10. The van der Waals surface area contributed by atoms with Gasteiger partial charge < -0.3 is 19.3 Å². The van der Waals surface area contributed by atoms with E-state index in [0.29, 0.717) is 18.3 Å². The second-order valence-corrected chi connectivity index (χ2v) is 3.57. The molecule has 0 spiro atoms. The average Bonchev–Trinajstić information content (AvgIpc) is 2.84. The van der Waals surface area contributed by atoms with Gasteiger partial charge in [-0.25, -0.2) is 9.78 Å². The fourth-order valence-electron chi connectivity index (χ4n) is 1.33. The molecule has 2 rings (SSSR count). The Balaban J connectivity index is 1.99. The standard InChI is InChI=1S/C11H12N2O4/c1-6-7(2)16-10(13-6)5-12-9-4-3-8(17-9)11(14)15/h3-4,12H,5H2,1-2H3,(H,14,15). The molecular weight excluding hydrogens is 224 g/mol. The summed E-state index contributed by atoms with van der Waals surface area (Å²) in [6.07, 6.45) is 0. The van der Waals surface area contributed by atoms with Gasteiger partial charge in [0.15, 0.2) is 5.88 Å². The summed E-state index contributed by atoms with van der Waals surface area (Å²) in [6, 6.07) is 2.93. The number of aryl methyl sites for hydroxylation is 2. The number of nitrogens with one attached hydrogen (secondary N) is 1. The van der Waals surface area contributed by atoms with Gasteiger partial charge in [0.05, 0.1) is 12.2 Å². The zero-order valence-corrected chi connectivity index (χ0v) is 9.48. The van der Waals surface area contributed by atoms with Crippen molar-refractivity contribution in [2.45, 2.75) is 20.4 Å². The molecule has 0 radical (unpaired) electrons. The van der Waals surface area contributed by atoms with Crippen molar-refractivity contribution >= 4 is 11.9 Å². The number of oxazole rings is 1. The second kappa shape index (κ2) is 4.32. The van der Waals surface area contributed by atoms with Crippen molar-refractivity contribution in [3.05, 3.63) is 35.2 Å². The van der Waals surface area contributed by atoms with Crippen LogP contribution in [0.3, 0.4) is 0 Å². The summed E-state index contributed by atoms with van der Waals surface area (Å²) in [5.74, 6) is 0.477. The summed E-state index contributed by atoms with van der Waals surface area (Å²) in [5.41, 5.74) is 0.840. The van der Waals surface area contributed by atoms with E-state index in [0.717, 1.165) is 11.5 Å². The van der Waals surface area contributed by atoms with Crippen molar-refractivity contribution in [3.63, 3.8) is 0 Å². The van der Waals surface area contributed by atoms with Crippen molar-refractivity contribution < 1.29 is 18.7 Å². The zero-order chi connectivity index (χ0) is 12.4. The van der Waals surface area contributed by atoms with Gasteiger partial charge in [0.25, 0.3) is 0 Å². The Morgan fingerprint density at radius 2 is 2.18 bits per heavy atom. The maximum absolute atomic E-state index is 10.6. The fourth-order valence-corrected chi connectivity index (χ4v) is 1.33. The summed E-state index contributed by atoms with van der Waals surface area (Å²) in [6.45, 7) is 4.04. The van der Waals surface area contributed by atoms with Gasteiger partial charge in [0.2, 0.25) is 11.7 Å². The second-order valence-electron chi connectivity index (χ2n) is 3.57. The lowest BCUT2D eigenvalue weighted by molar-refractivity contribution is 0.0663. The molecule has 2 N–H and O–H groups in total. The van der Waals surface area contributed by atoms with Gasteiger partial charge >= 0.3 is 5.97 Å². The van der Waals surface area contributed by atoms with Gasteiger partial charge in [-0.2, -0.15) is 0 Å². The molecule has 0 bridgehead atoms. The van der Waals surface area contributed by atoms with Gasteiger partial charge in [0.1, 0.15) is 5.76 Å². The third kappa shape index (κ3) is 2.47. The van der Waals surface area contributed by atoms with Crippen molar-refractivity contribution in [2.24, 2.45) is 0 Å². The lowest BCUT2D eigenvalue weighted by Crippen LogP contribution is -1.98. The lowest BCUT2D eigenvalue weighted by Gasteiger charge is -1.97. The van der Waals surface area contributed by atoms with E-state index in [4.69, 9.17) is 13.9 Å². The molecule has 0 amide bonds. The first-order valence-corrected chi connectivity index (χ1v) is 5.06. The van der Waals surface area contributed by atoms with Crippen molar-refractivity contribution in [1.29, 1.82) is 0 Å². The summed E-state index contributed by atoms with van der Waals surface area (Å²) >= 11 is 0. The Morgan fingerprint density at radius 1 is 1.41 bits per heavy atom. The molecule has 6 heteroatoms. The Morgan fingerprint density at radius 3 is 2.71 bits per heavy atom. The van der Waals surface area contributed by atoms with Crippen LogP contribution in [0.1, 0.15) is 27.9 Å². The number of carboxylic acid groups (broad SMARTS) is 1. The molecule has 2 heterocycles. The maximum atomic E-state index is 10.6. The van der Waals surface area contributed by atoms with E-state index < -0.39 is 5.97 Å². The van der Waals surface area contributed by atoms with E-state index in [2.05, 4.69) is 10.3 Å². The van der Waals surface area contributed by atoms with Gasteiger partial charge in [-0.1, -0.05) is 0 Å². The lowest BCUT2D eigenvalue weighted by atomic mass is 10.4. The van der Waals surface area contributed by atoms with Crippen LogP contribution in [0, 0.1) is 13.8 Å². The molecule has 0 unspecified atom stereocenters. The Labute approximate surface area is 97.3 Å². The number of anilines is 1. The topological polar surface area (TPSA) is 88.5 Å². The molecule has 0 aromatic carbocycles. The molecule has 17 heavy (non-hydrogen) atoms. The largest absolute Gasteiger partial charge is 0.475 e. The number of carboxylic acids is 1. The van der Waals surface area contributed by atoms with Crippen LogP contribution in [0.4, 0.5) is 5.88 Å². The van der Waals surface area contributed by atoms with Crippen LogP contribution in [-0.2, 0) is 6.54 Å². The number of hydrogen-bond acceptors (Lipinski definition) is 5. The number of nitrogens with zero attached hydrogens (tertiary/aromatic N) is 1. The Bertz CT molecular complexity index is 522. The predicted molar refractivity (Wildman–Crippen MR) is 59.0 cm³/mol. The smallest absolute Gasteiger partial charge is 0.371 e. The molecule has 0 fully saturated rings. The first-order valence-electron chi connectivity index (χ1n) is 5.06. The summed E-state index contributed by atoms with van der Waals surface area (Å²) in [5, 5.41) is 11.6. The van der Waals surface area contributed by atoms with Crippen LogP contribution in [0.25, 0.3) is 0 Å². The molecule has 90 valence electrons. The number of aromatic nitrogens is 1. The highest BCUT2D eigenvalue weighted by atomic mass is 16.4. The fraction of sp³-hybridized carbons (Fsp3) is 0.273. The minimum absolute atomic E-state index is 0.104. The minimum atomic E-state index is -1.10. The first-order chi connectivity index (χ1) is 8.06. The first kappa shape index (κ1) is 11.3. The van der Waals surface area contributed by atoms with E-state index in [-0.39, 0.29) is 5.76 Å². The van der Waals surface area contributed by atoms with E-state index in [1.165, 1.54) is 6.07 Å². The summed E-state index contributed by atoms with van der Waals surface area (Å²) < 4.78 is 10.4. The van der Waals surface area contributed by atoms with E-state index in [1.807, 2.05) is 13.8 Å². The van der Waals surface area contributed by atoms with Gasteiger partial charge in [0, 0.05) is 6.07 Å². The van der Waals surface area contributed by atoms with Crippen LogP contribution in [0.2, 0.25) is 0 Å². The van der Waals surface area contributed by atoms with Crippen molar-refractivity contribution in [1.82, 2.24) is 4.98 Å². The van der Waals surface area contributed by atoms with E-state index in [1.54, 1.807) is 6.07 Å². The molecule has 2 aromatic rings. The predicted octanol–water partition coefficient (Wildman–Crippen LogP) is 2.19. The highest BCUT2D eigenvalue weighted by molar-refractivity contribution is 5.84. The van der Waals surface area contributed by atoms with Gasteiger partial charge in [-0.3, -0.25) is 0 Å². The third-order valence-corrected chi connectivity index (χ3v) is 2.30. The number of furan rings is 1. The molecule has 6 nitrogen and oxygen atoms in total. The monoisotopic (exact) mass is 236 g/mol. The van der Waals surface area contributed by atoms with Crippen LogP contribution in [0.5, 0.6) is 0 Å². The van der Waals surface area contributed by atoms with Crippen molar-refractivity contribution in [2.75, 3.05) is 5.32 Å². The summed E-state index contributed by atoms with van der Waals surface area (Å²) in [4.78, 5) is 14.8. The van der Waals surface area contributed by atoms with Crippen LogP contribution in [0.15, 0.2) is 21.0 Å². The molecule has 0 saturated carbocycles. The highest BCUT2D eigenvalue weighted by Crippen LogP contribution is 2.15. The molecule has 0 atom stereocenters. The molecular formula is C11H12N2O4. The Hall–Kier alpha value is -2.24. The molecule has 0 aliphatic carbocycles. The van der Waals surface area contributed by atoms with Crippen LogP contribution in [-0.4, -0.2) is 16.1 Å². The van der Waals surface area contributed by atoms with Gasteiger partial charge in [-0.15, -0.1) is 0 Å². The molecule has 0 aliphatic heterocycles. The number of carbonyl (C=O) groups is 1. The van der Waals surface area contributed by atoms with Crippen molar-refractivity contribution in [3.8, 4) is 0 Å². The number of hydrogen-bond donors (Lipinski definition) is 2. The number of aromatic carboxylic acids is 1. The number of rotatable bonds is 4. The van der Waals surface area contributed by atoms with Gasteiger partial charge in [-0.05, 0) is 19.9 Å². The third-order valence-electron chi connectivity index (χ3n) is 2.30.